The Morgan fingerprint density at radius 2 is 2.05 bits per heavy atom. The summed E-state index contributed by atoms with van der Waals surface area (Å²) >= 11 is 0. The molecular formula is C22H30N7O8P. The minimum absolute atomic E-state index is 0.0983. The molecule has 38 heavy (non-hydrogen) atoms. The van der Waals surface area contributed by atoms with Crippen molar-refractivity contribution in [3.63, 3.8) is 0 Å². The Morgan fingerprint density at radius 1 is 1.34 bits per heavy atom. The van der Waals surface area contributed by atoms with E-state index in [1.165, 1.54) is 24.9 Å². The number of anilines is 1. The zero-order valence-corrected chi connectivity index (χ0v) is 21.8. The number of rotatable bonds is 10. The maximum Gasteiger partial charge on any atom is 0.339 e. The summed E-state index contributed by atoms with van der Waals surface area (Å²) in [7, 11) is -2.75. The van der Waals surface area contributed by atoms with Crippen LogP contribution in [-0.2, 0) is 23.4 Å². The SMILES string of the molecule is CCOC(=O)[C@H](NP(N)(=O)OC[C@H]1O[C@@H](n2cnc3c(OC)nc(N)nc32)C(C)(O)C1O)c1ccccc1. The third-order valence-corrected chi connectivity index (χ3v) is 7.15. The molecule has 1 aromatic carbocycles. The first-order valence-electron chi connectivity index (χ1n) is 11.6. The summed E-state index contributed by atoms with van der Waals surface area (Å²) in [5.74, 6) is -0.676. The number of aliphatic hydroxyl groups is 2. The molecule has 1 aliphatic rings. The molecule has 1 fully saturated rings. The molecule has 3 heterocycles. The molecule has 0 bridgehead atoms. The summed E-state index contributed by atoms with van der Waals surface area (Å²) in [6, 6.07) is 7.26. The number of benzene rings is 1. The molecule has 0 radical (unpaired) electrons. The van der Waals surface area contributed by atoms with Gasteiger partial charge in [-0.05, 0) is 19.4 Å². The molecule has 3 aromatic rings. The predicted octanol–water partition coefficient (Wildman–Crippen LogP) is 0.404. The largest absolute Gasteiger partial charge is 0.479 e. The van der Waals surface area contributed by atoms with Crippen LogP contribution >= 0.6 is 7.67 Å². The Morgan fingerprint density at radius 3 is 2.71 bits per heavy atom. The lowest BCUT2D eigenvalue weighted by Gasteiger charge is -2.27. The van der Waals surface area contributed by atoms with Gasteiger partial charge in [0.25, 0.3) is 0 Å². The van der Waals surface area contributed by atoms with Crippen LogP contribution in [0.4, 0.5) is 5.95 Å². The number of esters is 1. The van der Waals surface area contributed by atoms with Crippen LogP contribution in [0.1, 0.15) is 31.7 Å². The molecule has 0 spiro atoms. The fraction of sp³-hybridized carbons (Fsp3) is 0.455. The number of nitrogens with zero attached hydrogens (tertiary/aromatic N) is 4. The number of ether oxygens (including phenoxy) is 3. The molecule has 16 heteroatoms. The van der Waals surface area contributed by atoms with E-state index in [0.29, 0.717) is 5.56 Å². The van der Waals surface area contributed by atoms with Gasteiger partial charge in [-0.1, -0.05) is 30.3 Å². The molecule has 6 atom stereocenters. The lowest BCUT2D eigenvalue weighted by Crippen LogP contribution is -2.44. The molecule has 0 amide bonds. The van der Waals surface area contributed by atoms with Crippen molar-refractivity contribution in [1.29, 1.82) is 0 Å². The highest BCUT2D eigenvalue weighted by atomic mass is 31.2. The fourth-order valence-corrected chi connectivity index (χ4v) is 5.19. The maximum absolute atomic E-state index is 13.1. The van der Waals surface area contributed by atoms with Crippen LogP contribution in [0.25, 0.3) is 11.2 Å². The zero-order valence-electron chi connectivity index (χ0n) is 20.9. The van der Waals surface area contributed by atoms with Crippen molar-refractivity contribution < 1.29 is 38.3 Å². The van der Waals surface area contributed by atoms with Gasteiger partial charge in [-0.15, -0.1) is 0 Å². The van der Waals surface area contributed by atoms with Crippen molar-refractivity contribution in [2.75, 3.05) is 26.1 Å². The van der Waals surface area contributed by atoms with Gasteiger partial charge in [-0.25, -0.2) is 20.4 Å². The van der Waals surface area contributed by atoms with Gasteiger partial charge in [0.05, 0.1) is 26.7 Å². The number of nitrogens with one attached hydrogen (secondary N) is 1. The number of hydrogen-bond donors (Lipinski definition) is 5. The molecule has 4 rings (SSSR count). The van der Waals surface area contributed by atoms with E-state index >= 15 is 0 Å². The number of imidazole rings is 1. The van der Waals surface area contributed by atoms with E-state index < -0.39 is 50.3 Å². The van der Waals surface area contributed by atoms with Gasteiger partial charge < -0.3 is 34.7 Å². The Kier molecular flexibility index (Phi) is 7.99. The number of carbonyl (C=O) groups is 1. The van der Waals surface area contributed by atoms with Crippen LogP contribution in [-0.4, -0.2) is 73.8 Å². The highest BCUT2D eigenvalue weighted by Crippen LogP contribution is 2.43. The van der Waals surface area contributed by atoms with Gasteiger partial charge in [-0.3, -0.25) is 9.13 Å². The number of fused-ring (bicyclic) bond motifs is 1. The van der Waals surface area contributed by atoms with Gasteiger partial charge >= 0.3 is 13.6 Å². The van der Waals surface area contributed by atoms with Gasteiger partial charge in [-0.2, -0.15) is 9.97 Å². The third kappa shape index (κ3) is 5.49. The second-order valence-electron chi connectivity index (χ2n) is 8.73. The second-order valence-corrected chi connectivity index (χ2v) is 10.4. The molecule has 7 N–H and O–H groups in total. The van der Waals surface area contributed by atoms with E-state index in [-0.39, 0.29) is 29.6 Å². The molecule has 206 valence electrons. The van der Waals surface area contributed by atoms with Crippen molar-refractivity contribution in [1.82, 2.24) is 24.6 Å². The van der Waals surface area contributed by atoms with E-state index in [2.05, 4.69) is 20.0 Å². The van der Waals surface area contributed by atoms with Gasteiger partial charge in [0.2, 0.25) is 11.8 Å². The minimum atomic E-state index is -4.15. The Hall–Kier alpha value is -3.17. The average molecular weight is 551 g/mol. The second kappa shape index (κ2) is 10.9. The lowest BCUT2D eigenvalue weighted by atomic mass is 9.96. The van der Waals surface area contributed by atoms with E-state index in [1.54, 1.807) is 37.3 Å². The summed E-state index contributed by atoms with van der Waals surface area (Å²) < 4.78 is 36.0. The molecule has 1 saturated heterocycles. The van der Waals surface area contributed by atoms with Crippen LogP contribution in [0, 0.1) is 0 Å². The number of nitrogens with two attached hydrogens (primary N) is 2. The first-order valence-corrected chi connectivity index (χ1v) is 13.3. The molecule has 15 nitrogen and oxygen atoms in total. The first kappa shape index (κ1) is 27.9. The van der Waals surface area contributed by atoms with E-state index in [9.17, 15) is 19.6 Å². The summed E-state index contributed by atoms with van der Waals surface area (Å²) in [5, 5.41) is 24.5. The number of methoxy groups -OCH3 is 1. The van der Waals surface area contributed by atoms with Gasteiger partial charge in [0.1, 0.15) is 23.9 Å². The normalized spacial score (nSPS) is 25.7. The lowest BCUT2D eigenvalue weighted by molar-refractivity contribution is -0.145. The standard InChI is InChI=1S/C22H30N7O8P/c1-4-35-19(31)14(12-8-6-5-7-9-12)28-38(24,33)36-10-13-16(30)22(2,32)20(37-13)29-11-25-15-17(29)26-21(23)27-18(15)34-3/h5-9,11,13-14,16,20,30,32H,4,10H2,1-3H3,(H2,23,26,27)(H3,24,28,33)/t13-,14-,16?,20-,22?,38?/m1/s1. The molecule has 3 unspecified atom stereocenters. The van der Waals surface area contributed by atoms with E-state index in [1.807, 2.05) is 0 Å². The van der Waals surface area contributed by atoms with Crippen LogP contribution in [0.5, 0.6) is 5.88 Å². The van der Waals surface area contributed by atoms with Crippen molar-refractivity contribution in [3.05, 3.63) is 42.2 Å². The maximum atomic E-state index is 13.1. The summed E-state index contributed by atoms with van der Waals surface area (Å²) in [6.07, 6.45) is -2.54. The van der Waals surface area contributed by atoms with Gasteiger partial charge in [0, 0.05) is 0 Å². The Bertz CT molecular complexity index is 1340. The highest BCUT2D eigenvalue weighted by Gasteiger charge is 2.54. The summed E-state index contributed by atoms with van der Waals surface area (Å²) in [5.41, 5.74) is 10.7. The van der Waals surface area contributed by atoms with Crippen LogP contribution in [0.3, 0.4) is 0 Å². The topological polar surface area (TPSA) is 219 Å². The van der Waals surface area contributed by atoms with Crippen LogP contribution in [0.2, 0.25) is 0 Å². The quantitative estimate of drug-likeness (QED) is 0.170. The first-order chi connectivity index (χ1) is 18.0. The number of carbonyl (C=O) groups excluding carboxylic acids is 1. The minimum Gasteiger partial charge on any atom is -0.479 e. The fourth-order valence-electron chi connectivity index (χ4n) is 4.13. The number of nitrogen functional groups attached to an aromatic ring is 1. The molecule has 0 aliphatic carbocycles. The monoisotopic (exact) mass is 551 g/mol. The van der Waals surface area contributed by atoms with Crippen molar-refractivity contribution in [2.45, 2.75) is 43.9 Å². The van der Waals surface area contributed by atoms with Gasteiger partial charge in [0.15, 0.2) is 17.4 Å². The molecular weight excluding hydrogens is 521 g/mol. The van der Waals surface area contributed by atoms with E-state index in [0.717, 1.165) is 0 Å². The number of hydrogen-bond acceptors (Lipinski definition) is 12. The van der Waals surface area contributed by atoms with E-state index in [4.69, 9.17) is 30.0 Å². The van der Waals surface area contributed by atoms with Crippen LogP contribution in [0.15, 0.2) is 36.7 Å². The molecule has 2 aromatic heterocycles. The van der Waals surface area contributed by atoms with Crippen molar-refractivity contribution in [2.24, 2.45) is 5.50 Å². The predicted molar refractivity (Wildman–Crippen MR) is 134 cm³/mol. The smallest absolute Gasteiger partial charge is 0.339 e. The van der Waals surface area contributed by atoms with Crippen molar-refractivity contribution >= 4 is 30.8 Å². The summed E-state index contributed by atoms with van der Waals surface area (Å²) in [4.78, 5) is 24.8. The molecule has 0 saturated carbocycles. The highest BCUT2D eigenvalue weighted by molar-refractivity contribution is 7.54. The zero-order chi connectivity index (χ0) is 27.7. The molecule has 1 aliphatic heterocycles. The van der Waals surface area contributed by atoms with Crippen LogP contribution < -0.4 is 21.1 Å². The average Bonchev–Trinajstić information content (AvgIpc) is 3.39. The Labute approximate surface area is 217 Å². The Balaban J connectivity index is 1.52. The third-order valence-electron chi connectivity index (χ3n) is 6.00. The number of aromatic nitrogens is 4. The number of aliphatic hydroxyl groups excluding tert-OH is 1. The van der Waals surface area contributed by atoms with Crippen molar-refractivity contribution in [3.8, 4) is 5.88 Å². The summed E-state index contributed by atoms with van der Waals surface area (Å²) in [6.45, 7) is 2.59.